The highest BCUT2D eigenvalue weighted by Crippen LogP contribution is 2.19. The Labute approximate surface area is 67.8 Å². The second-order valence-corrected chi connectivity index (χ2v) is 2.65. The average molecular weight is 165 g/mol. The summed E-state index contributed by atoms with van der Waals surface area (Å²) >= 11 is 0. The molecule has 2 aromatic heterocycles. The summed E-state index contributed by atoms with van der Waals surface area (Å²) in [5.74, 6) is -1.08. The normalized spacial score (nSPS) is 10.8. The topological polar surface area (TPSA) is 66.2 Å². The van der Waals surface area contributed by atoms with Gasteiger partial charge in [-0.05, 0) is 6.92 Å². The summed E-state index contributed by atoms with van der Waals surface area (Å²) < 4.78 is 5.02. The van der Waals surface area contributed by atoms with Crippen molar-refractivity contribution in [1.82, 2.24) is 4.98 Å². The minimum Gasteiger partial charge on any atom is -0.475 e. The predicted octanol–water partition coefficient (Wildman–Crippen LogP) is 1.77. The van der Waals surface area contributed by atoms with Crippen molar-refractivity contribution in [2.45, 2.75) is 6.92 Å². The summed E-state index contributed by atoms with van der Waals surface area (Å²) in [6, 6.07) is 3.24. The Morgan fingerprint density at radius 3 is 2.92 bits per heavy atom. The average Bonchev–Trinajstić information content (AvgIpc) is 2.42. The first-order valence-corrected chi connectivity index (χ1v) is 3.49. The number of aromatic carboxylic acids is 1. The molecule has 0 spiro atoms. The van der Waals surface area contributed by atoms with Gasteiger partial charge >= 0.3 is 5.97 Å². The van der Waals surface area contributed by atoms with E-state index in [-0.39, 0.29) is 5.76 Å². The Kier molecular flexibility index (Phi) is 1.24. The van der Waals surface area contributed by atoms with Gasteiger partial charge in [0.05, 0.1) is 5.52 Å². The number of carboxylic acids is 1. The third-order valence-electron chi connectivity index (χ3n) is 1.65. The molecule has 0 aliphatic heterocycles. The number of aromatic amines is 1. The minimum absolute atomic E-state index is 0.0312. The lowest BCUT2D eigenvalue weighted by Crippen LogP contribution is -1.91. The molecule has 62 valence electrons. The van der Waals surface area contributed by atoms with Crippen LogP contribution in [0.3, 0.4) is 0 Å². The molecule has 0 aromatic carbocycles. The Hall–Kier alpha value is -1.71. The lowest BCUT2D eigenvalue weighted by Gasteiger charge is -1.82. The summed E-state index contributed by atoms with van der Waals surface area (Å²) in [5.41, 5.74) is 2.27. The third-order valence-corrected chi connectivity index (χ3v) is 1.65. The summed E-state index contributed by atoms with van der Waals surface area (Å²) in [5, 5.41) is 8.57. The van der Waals surface area contributed by atoms with Crippen LogP contribution in [0.1, 0.15) is 16.2 Å². The lowest BCUT2D eigenvalue weighted by atomic mass is 10.4. The molecule has 4 heteroatoms. The van der Waals surface area contributed by atoms with Crippen molar-refractivity contribution in [1.29, 1.82) is 0 Å². The fraction of sp³-hybridized carbons (Fsp3) is 0.125. The van der Waals surface area contributed by atoms with E-state index in [9.17, 15) is 4.79 Å². The fourth-order valence-corrected chi connectivity index (χ4v) is 1.16. The zero-order valence-electron chi connectivity index (χ0n) is 6.42. The van der Waals surface area contributed by atoms with Crippen molar-refractivity contribution in [3.05, 3.63) is 23.6 Å². The predicted molar refractivity (Wildman–Crippen MR) is 42.3 cm³/mol. The Balaban J connectivity index is 2.64. The largest absolute Gasteiger partial charge is 0.475 e. The van der Waals surface area contributed by atoms with Gasteiger partial charge in [0.15, 0.2) is 5.58 Å². The SMILES string of the molecule is Cc1cc2oc(C(=O)O)cc2[nH]1. The Morgan fingerprint density at radius 2 is 2.33 bits per heavy atom. The van der Waals surface area contributed by atoms with E-state index in [1.807, 2.05) is 6.92 Å². The molecule has 0 amide bonds. The molecule has 0 unspecified atom stereocenters. The Morgan fingerprint density at radius 1 is 1.58 bits per heavy atom. The quantitative estimate of drug-likeness (QED) is 0.676. The summed E-state index contributed by atoms with van der Waals surface area (Å²) in [7, 11) is 0. The highest BCUT2D eigenvalue weighted by Gasteiger charge is 2.11. The fourth-order valence-electron chi connectivity index (χ4n) is 1.16. The number of fused-ring (bicyclic) bond motifs is 1. The van der Waals surface area contributed by atoms with Gasteiger partial charge in [0.2, 0.25) is 5.76 Å². The summed E-state index contributed by atoms with van der Waals surface area (Å²) in [4.78, 5) is 13.4. The van der Waals surface area contributed by atoms with Crippen LogP contribution in [-0.2, 0) is 0 Å². The van der Waals surface area contributed by atoms with Gasteiger partial charge in [-0.2, -0.15) is 0 Å². The number of carboxylic acid groups (broad SMARTS) is 1. The van der Waals surface area contributed by atoms with Crippen molar-refractivity contribution in [3.63, 3.8) is 0 Å². The molecule has 0 saturated carbocycles. The van der Waals surface area contributed by atoms with E-state index >= 15 is 0 Å². The molecule has 4 nitrogen and oxygen atoms in total. The van der Waals surface area contributed by atoms with Crippen LogP contribution < -0.4 is 0 Å². The monoisotopic (exact) mass is 165 g/mol. The molecule has 2 rings (SSSR count). The molecule has 0 aliphatic rings. The zero-order chi connectivity index (χ0) is 8.72. The highest BCUT2D eigenvalue weighted by molar-refractivity contribution is 5.90. The van der Waals surface area contributed by atoms with Crippen molar-refractivity contribution >= 4 is 17.1 Å². The van der Waals surface area contributed by atoms with E-state index in [0.717, 1.165) is 11.2 Å². The standard InChI is InChI=1S/C8H7NO3/c1-4-2-6-5(9-4)3-7(12-6)8(10)11/h2-3,9H,1H3,(H,10,11). The van der Waals surface area contributed by atoms with Gasteiger partial charge in [-0.25, -0.2) is 4.79 Å². The number of furan rings is 1. The molecule has 2 N–H and O–H groups in total. The minimum atomic E-state index is -1.04. The first-order valence-electron chi connectivity index (χ1n) is 3.49. The van der Waals surface area contributed by atoms with Gasteiger partial charge in [0, 0.05) is 17.8 Å². The molecule has 0 fully saturated rings. The van der Waals surface area contributed by atoms with Crippen molar-refractivity contribution in [2.24, 2.45) is 0 Å². The van der Waals surface area contributed by atoms with Crippen molar-refractivity contribution in [3.8, 4) is 0 Å². The molecule has 0 bridgehead atoms. The molecule has 0 radical (unpaired) electrons. The molecule has 0 saturated heterocycles. The zero-order valence-corrected chi connectivity index (χ0v) is 6.42. The number of aryl methyl sites for hydroxylation is 1. The molecule has 2 aromatic rings. The summed E-state index contributed by atoms with van der Waals surface area (Å²) in [6.45, 7) is 1.88. The van der Waals surface area contributed by atoms with Crippen LogP contribution in [0.15, 0.2) is 16.5 Å². The van der Waals surface area contributed by atoms with Crippen LogP contribution in [0, 0.1) is 6.92 Å². The maximum absolute atomic E-state index is 10.4. The van der Waals surface area contributed by atoms with Crippen LogP contribution in [0.4, 0.5) is 0 Å². The molecular weight excluding hydrogens is 158 g/mol. The van der Waals surface area contributed by atoms with Gasteiger partial charge in [-0.15, -0.1) is 0 Å². The van der Waals surface area contributed by atoms with Gasteiger partial charge < -0.3 is 14.5 Å². The van der Waals surface area contributed by atoms with E-state index in [4.69, 9.17) is 9.52 Å². The van der Waals surface area contributed by atoms with Crippen LogP contribution in [0.5, 0.6) is 0 Å². The number of nitrogens with one attached hydrogen (secondary N) is 1. The van der Waals surface area contributed by atoms with E-state index in [1.54, 1.807) is 6.07 Å². The Bertz CT molecular complexity index is 407. The number of hydrogen-bond donors (Lipinski definition) is 2. The van der Waals surface area contributed by atoms with Gasteiger partial charge in [-0.1, -0.05) is 0 Å². The third kappa shape index (κ3) is 0.887. The maximum atomic E-state index is 10.4. The molecular formula is C8H7NO3. The number of carbonyl (C=O) groups is 1. The number of hydrogen-bond acceptors (Lipinski definition) is 2. The number of H-pyrrole nitrogens is 1. The highest BCUT2D eigenvalue weighted by atomic mass is 16.4. The van der Waals surface area contributed by atoms with Crippen LogP contribution in [-0.4, -0.2) is 16.1 Å². The molecule has 2 heterocycles. The van der Waals surface area contributed by atoms with Gasteiger partial charge in [0.1, 0.15) is 0 Å². The first-order chi connectivity index (χ1) is 5.66. The lowest BCUT2D eigenvalue weighted by molar-refractivity contribution is 0.0665. The van der Waals surface area contributed by atoms with Gasteiger partial charge in [-0.3, -0.25) is 0 Å². The molecule has 12 heavy (non-hydrogen) atoms. The summed E-state index contributed by atoms with van der Waals surface area (Å²) in [6.07, 6.45) is 0. The van der Waals surface area contributed by atoms with E-state index < -0.39 is 5.97 Å². The molecule has 0 atom stereocenters. The van der Waals surface area contributed by atoms with E-state index in [1.165, 1.54) is 6.07 Å². The maximum Gasteiger partial charge on any atom is 0.371 e. The number of rotatable bonds is 1. The van der Waals surface area contributed by atoms with E-state index in [0.29, 0.717) is 5.58 Å². The first kappa shape index (κ1) is 6.97. The second kappa shape index (κ2) is 2.14. The van der Waals surface area contributed by atoms with Crippen LogP contribution in [0.2, 0.25) is 0 Å². The van der Waals surface area contributed by atoms with Gasteiger partial charge in [0.25, 0.3) is 0 Å². The second-order valence-electron chi connectivity index (χ2n) is 2.65. The smallest absolute Gasteiger partial charge is 0.371 e. The van der Waals surface area contributed by atoms with E-state index in [2.05, 4.69) is 4.98 Å². The number of aromatic nitrogens is 1. The molecule has 0 aliphatic carbocycles. The van der Waals surface area contributed by atoms with Crippen molar-refractivity contribution in [2.75, 3.05) is 0 Å². The van der Waals surface area contributed by atoms with Crippen LogP contribution in [0.25, 0.3) is 11.1 Å². The van der Waals surface area contributed by atoms with Crippen LogP contribution >= 0.6 is 0 Å². The van der Waals surface area contributed by atoms with Crippen molar-refractivity contribution < 1.29 is 14.3 Å².